The second kappa shape index (κ2) is 8.21. The molecule has 6 nitrogen and oxygen atoms in total. The minimum Gasteiger partial charge on any atom is -0.367 e. The second-order valence-electron chi connectivity index (χ2n) is 7.97. The number of aromatic nitrogens is 1. The number of likely N-dealkylation sites (N-methyl/N-ethyl adjacent to an activating group) is 1. The smallest absolute Gasteiger partial charge is 0.248 e. The van der Waals surface area contributed by atoms with Gasteiger partial charge in [0.1, 0.15) is 6.61 Å². The van der Waals surface area contributed by atoms with Gasteiger partial charge in [0.25, 0.3) is 0 Å². The maximum Gasteiger partial charge on any atom is 0.248 e. The molecule has 0 radical (unpaired) electrons. The van der Waals surface area contributed by atoms with Gasteiger partial charge in [-0.1, -0.05) is 19.1 Å². The van der Waals surface area contributed by atoms with Crippen molar-refractivity contribution in [2.45, 2.75) is 45.8 Å². The van der Waals surface area contributed by atoms with Crippen LogP contribution in [0.2, 0.25) is 0 Å². The lowest BCUT2D eigenvalue weighted by Gasteiger charge is -2.38. The van der Waals surface area contributed by atoms with Crippen LogP contribution in [0.15, 0.2) is 24.5 Å². The maximum absolute atomic E-state index is 13.1. The van der Waals surface area contributed by atoms with E-state index in [0.717, 1.165) is 43.4 Å². The maximum atomic E-state index is 13.1. The van der Waals surface area contributed by atoms with Crippen LogP contribution in [0.4, 0.5) is 0 Å². The largest absolute Gasteiger partial charge is 0.367 e. The highest BCUT2D eigenvalue weighted by molar-refractivity contribution is 5.83. The van der Waals surface area contributed by atoms with Gasteiger partial charge in [0.2, 0.25) is 11.8 Å². The van der Waals surface area contributed by atoms with Gasteiger partial charge in [-0.25, -0.2) is 0 Å². The molecule has 1 atom stereocenters. The fourth-order valence-corrected chi connectivity index (χ4v) is 3.78. The zero-order chi connectivity index (χ0) is 19.4. The number of fused-ring (bicyclic) bond motifs is 1. The zero-order valence-corrected chi connectivity index (χ0v) is 16.5. The van der Waals surface area contributed by atoms with E-state index in [2.05, 4.69) is 24.1 Å². The number of hydrogen-bond acceptors (Lipinski definition) is 4. The van der Waals surface area contributed by atoms with Gasteiger partial charge in [-0.2, -0.15) is 0 Å². The van der Waals surface area contributed by atoms with Crippen LogP contribution in [0.3, 0.4) is 0 Å². The van der Waals surface area contributed by atoms with E-state index >= 15 is 0 Å². The first-order chi connectivity index (χ1) is 12.9. The van der Waals surface area contributed by atoms with Crippen LogP contribution >= 0.6 is 0 Å². The fraction of sp³-hybridized carbons (Fsp3) is 0.571. The molecule has 2 amide bonds. The van der Waals surface area contributed by atoms with Crippen LogP contribution in [0.25, 0.3) is 0 Å². The minimum absolute atomic E-state index is 0.0562. The van der Waals surface area contributed by atoms with Gasteiger partial charge >= 0.3 is 0 Å². The van der Waals surface area contributed by atoms with Crippen LogP contribution in [-0.2, 0) is 33.9 Å². The molecule has 146 valence electrons. The van der Waals surface area contributed by atoms with Crippen molar-refractivity contribution >= 4 is 11.8 Å². The number of carbonyl (C=O) groups excluding carboxylic acids is 2. The third kappa shape index (κ3) is 4.38. The van der Waals surface area contributed by atoms with Gasteiger partial charge in [-0.15, -0.1) is 0 Å². The Hall–Kier alpha value is -2.21. The van der Waals surface area contributed by atoms with Crippen molar-refractivity contribution in [3.8, 4) is 0 Å². The number of pyridine rings is 1. The lowest BCUT2D eigenvalue weighted by Crippen LogP contribution is -2.45. The van der Waals surface area contributed by atoms with Gasteiger partial charge in [-0.05, 0) is 42.4 Å². The Morgan fingerprint density at radius 1 is 1.30 bits per heavy atom. The quantitative estimate of drug-likeness (QED) is 0.745. The lowest BCUT2D eigenvalue weighted by molar-refractivity contribution is -0.142. The summed E-state index contributed by atoms with van der Waals surface area (Å²) in [5.74, 6) is 0.190. The summed E-state index contributed by atoms with van der Waals surface area (Å²) in [7, 11) is 3.43. The molecule has 0 spiro atoms. The van der Waals surface area contributed by atoms with Crippen LogP contribution in [0.5, 0.6) is 0 Å². The molecule has 6 heteroatoms. The molecule has 3 rings (SSSR count). The Balaban J connectivity index is 1.65. The molecule has 0 aromatic carbocycles. The molecule has 1 aromatic heterocycles. The van der Waals surface area contributed by atoms with E-state index < -0.39 is 0 Å². The predicted molar refractivity (Wildman–Crippen MR) is 103 cm³/mol. The zero-order valence-electron chi connectivity index (χ0n) is 16.5. The topological polar surface area (TPSA) is 62.7 Å². The monoisotopic (exact) mass is 371 g/mol. The van der Waals surface area contributed by atoms with Gasteiger partial charge in [-0.3, -0.25) is 14.6 Å². The number of hydrogen-bond donors (Lipinski definition) is 0. The van der Waals surface area contributed by atoms with Crippen LogP contribution in [0.1, 0.15) is 42.9 Å². The highest BCUT2D eigenvalue weighted by Gasteiger charge is 2.37. The van der Waals surface area contributed by atoms with Crippen molar-refractivity contribution in [2.75, 3.05) is 27.2 Å². The van der Waals surface area contributed by atoms with Gasteiger partial charge in [0.15, 0.2) is 0 Å². The Morgan fingerprint density at radius 3 is 2.81 bits per heavy atom. The third-order valence-corrected chi connectivity index (χ3v) is 5.61. The molecule has 2 heterocycles. The molecule has 27 heavy (non-hydrogen) atoms. The van der Waals surface area contributed by atoms with E-state index in [9.17, 15) is 9.59 Å². The van der Waals surface area contributed by atoms with E-state index in [1.165, 1.54) is 10.5 Å². The minimum atomic E-state index is -0.285. The predicted octanol–water partition coefficient (Wildman–Crippen LogP) is 2.32. The van der Waals surface area contributed by atoms with Crippen molar-refractivity contribution in [2.24, 2.45) is 5.41 Å². The molecule has 0 fully saturated rings. The molecule has 0 N–H and O–H groups in total. The van der Waals surface area contributed by atoms with Crippen molar-refractivity contribution in [1.82, 2.24) is 14.8 Å². The molecule has 0 saturated heterocycles. The molecule has 1 aliphatic heterocycles. The first kappa shape index (κ1) is 19.5. The number of rotatable bonds is 5. The summed E-state index contributed by atoms with van der Waals surface area (Å²) in [6, 6.07) is 0. The summed E-state index contributed by atoms with van der Waals surface area (Å²) < 4.78 is 5.58. The summed E-state index contributed by atoms with van der Waals surface area (Å²) in [6.07, 6.45) is 11.5. The normalized spacial score (nSPS) is 21.7. The molecule has 0 saturated carbocycles. The van der Waals surface area contributed by atoms with Crippen molar-refractivity contribution in [1.29, 1.82) is 0 Å². The Morgan fingerprint density at radius 2 is 2.11 bits per heavy atom. The highest BCUT2D eigenvalue weighted by atomic mass is 16.5. The van der Waals surface area contributed by atoms with Gasteiger partial charge < -0.3 is 14.5 Å². The van der Waals surface area contributed by atoms with E-state index in [1.807, 2.05) is 17.3 Å². The van der Waals surface area contributed by atoms with Crippen molar-refractivity contribution in [3.05, 3.63) is 41.2 Å². The highest BCUT2D eigenvalue weighted by Crippen LogP contribution is 2.35. The molecule has 1 unspecified atom stereocenters. The number of allylic oxidation sites excluding steroid dienone is 2. The number of carbonyl (C=O) groups is 2. The molecular formula is C21H29N3O3. The van der Waals surface area contributed by atoms with Crippen LogP contribution < -0.4 is 0 Å². The second-order valence-corrected chi connectivity index (χ2v) is 7.97. The SMILES string of the molecule is CN(C)C(=O)COCc1cncc2c1CCN(C(=O)C1(C)CC=CCC1)C2. The fourth-order valence-electron chi connectivity index (χ4n) is 3.78. The van der Waals surface area contributed by atoms with E-state index in [0.29, 0.717) is 13.2 Å². The third-order valence-electron chi connectivity index (χ3n) is 5.61. The summed E-state index contributed by atoms with van der Waals surface area (Å²) >= 11 is 0. The Bertz CT molecular complexity index is 744. The summed E-state index contributed by atoms with van der Waals surface area (Å²) in [4.78, 5) is 32.6. The number of ether oxygens (including phenoxy) is 1. The molecule has 2 aliphatic rings. The molecule has 1 aliphatic carbocycles. The molecular weight excluding hydrogens is 342 g/mol. The Kier molecular flexibility index (Phi) is 5.95. The first-order valence-electron chi connectivity index (χ1n) is 9.57. The van der Waals surface area contributed by atoms with E-state index in [1.54, 1.807) is 14.1 Å². The summed E-state index contributed by atoms with van der Waals surface area (Å²) in [6.45, 7) is 3.84. The van der Waals surface area contributed by atoms with Gasteiger partial charge in [0.05, 0.1) is 12.0 Å². The average molecular weight is 371 g/mol. The van der Waals surface area contributed by atoms with E-state index in [4.69, 9.17) is 4.74 Å². The van der Waals surface area contributed by atoms with Gasteiger partial charge in [0, 0.05) is 39.6 Å². The van der Waals surface area contributed by atoms with E-state index in [-0.39, 0.29) is 23.8 Å². The van der Waals surface area contributed by atoms with Crippen molar-refractivity contribution < 1.29 is 14.3 Å². The number of nitrogens with zero attached hydrogens (tertiary/aromatic N) is 3. The first-order valence-corrected chi connectivity index (χ1v) is 9.57. The Labute approximate surface area is 161 Å². The van der Waals surface area contributed by atoms with Crippen molar-refractivity contribution in [3.63, 3.8) is 0 Å². The standard InChI is InChI=1S/C21H29N3O3/c1-21(8-5-4-6-9-21)20(26)24-10-7-18-16(13-24)11-22-12-17(18)14-27-15-19(25)23(2)3/h4-5,11-12H,6-10,13-15H2,1-3H3. The molecule has 1 aromatic rings. The van der Waals surface area contributed by atoms with Crippen LogP contribution in [0, 0.1) is 5.41 Å². The number of amides is 2. The summed E-state index contributed by atoms with van der Waals surface area (Å²) in [5, 5.41) is 0. The lowest BCUT2D eigenvalue weighted by atomic mass is 9.77. The average Bonchev–Trinajstić information content (AvgIpc) is 2.67. The summed E-state index contributed by atoms with van der Waals surface area (Å²) in [5.41, 5.74) is 3.02. The van der Waals surface area contributed by atoms with Crippen LogP contribution in [-0.4, -0.2) is 53.8 Å². The molecule has 0 bridgehead atoms.